The average Bonchev–Trinajstić information content (AvgIpc) is 2.36. The lowest BCUT2D eigenvalue weighted by Gasteiger charge is -2.20. The van der Waals surface area contributed by atoms with E-state index in [1.165, 1.54) is 6.07 Å². The lowest BCUT2D eigenvalue weighted by Crippen LogP contribution is -2.41. The van der Waals surface area contributed by atoms with E-state index in [0.717, 1.165) is 12.1 Å². The van der Waals surface area contributed by atoms with Gasteiger partial charge in [-0.2, -0.15) is 0 Å². The molecule has 5 nitrogen and oxygen atoms in total. The predicted molar refractivity (Wildman–Crippen MR) is 70.7 cm³/mol. The number of hydrogen-bond donors (Lipinski definition) is 3. The maximum atomic E-state index is 12.1. The van der Waals surface area contributed by atoms with Gasteiger partial charge in [0.1, 0.15) is 0 Å². The fraction of sp³-hybridized carbons (Fsp3) is 0.462. The van der Waals surface area contributed by atoms with Crippen LogP contribution in [0.4, 0.5) is 18.9 Å². The number of ether oxygens (including phenoxy) is 1. The number of carbonyl (C=O) groups is 1. The van der Waals surface area contributed by atoms with Crippen molar-refractivity contribution >= 4 is 11.6 Å². The number of hydrogen-bond acceptors (Lipinski definition) is 4. The Bertz CT molecular complexity index is 504. The Labute approximate surface area is 119 Å². The zero-order valence-corrected chi connectivity index (χ0v) is 11.6. The number of amides is 1. The molecule has 1 aromatic carbocycles. The molecule has 0 aliphatic heterocycles. The molecule has 0 saturated carbocycles. The lowest BCUT2D eigenvalue weighted by molar-refractivity contribution is -0.274. The molecule has 1 amide bonds. The second-order valence-corrected chi connectivity index (χ2v) is 4.81. The van der Waals surface area contributed by atoms with Gasteiger partial charge in [-0.3, -0.25) is 4.79 Å². The minimum atomic E-state index is -4.85. The van der Waals surface area contributed by atoms with E-state index in [9.17, 15) is 18.0 Å². The van der Waals surface area contributed by atoms with E-state index in [2.05, 4.69) is 10.1 Å². The zero-order chi connectivity index (χ0) is 16.2. The minimum Gasteiger partial charge on any atom is -0.404 e. The summed E-state index contributed by atoms with van der Waals surface area (Å²) in [5, 5.41) is 11.7. The second-order valence-electron chi connectivity index (χ2n) is 4.81. The molecule has 0 spiro atoms. The molecule has 0 saturated heterocycles. The molecule has 21 heavy (non-hydrogen) atoms. The standard InChI is InChI=1S/C13H17F3N2O3/c1-7(2)10(6-19)18-12(20)8-3-4-11(9(17)5-8)21-13(14,15)16/h3-5,7,10,19H,6,17H2,1-2H3,(H,18,20). The minimum absolute atomic E-state index is 0.00383. The Balaban J connectivity index is 2.86. The Morgan fingerprint density at radius 2 is 2.05 bits per heavy atom. The van der Waals surface area contributed by atoms with Crippen LogP contribution in [0, 0.1) is 5.92 Å². The summed E-state index contributed by atoms with van der Waals surface area (Å²) in [6.45, 7) is 3.39. The Morgan fingerprint density at radius 3 is 2.48 bits per heavy atom. The fourth-order valence-corrected chi connectivity index (χ4v) is 1.58. The number of carbonyl (C=O) groups excluding carboxylic acids is 1. The summed E-state index contributed by atoms with van der Waals surface area (Å²) in [6, 6.07) is 2.78. The Kier molecular flexibility index (Phi) is 5.42. The highest BCUT2D eigenvalue weighted by atomic mass is 19.4. The van der Waals surface area contributed by atoms with Gasteiger partial charge in [-0.15, -0.1) is 13.2 Å². The fourth-order valence-electron chi connectivity index (χ4n) is 1.58. The molecule has 0 aliphatic rings. The number of nitrogens with two attached hydrogens (primary N) is 1. The van der Waals surface area contributed by atoms with E-state index in [4.69, 9.17) is 10.8 Å². The first-order valence-electron chi connectivity index (χ1n) is 6.21. The number of alkyl halides is 3. The number of nitrogen functional groups attached to an aromatic ring is 1. The first-order valence-corrected chi connectivity index (χ1v) is 6.21. The first-order chi connectivity index (χ1) is 9.64. The number of benzene rings is 1. The average molecular weight is 306 g/mol. The number of halogens is 3. The highest BCUT2D eigenvalue weighted by Gasteiger charge is 2.32. The molecule has 0 heterocycles. The van der Waals surface area contributed by atoms with Gasteiger partial charge in [0.15, 0.2) is 5.75 Å². The third-order valence-electron chi connectivity index (χ3n) is 2.82. The number of aliphatic hydroxyl groups is 1. The van der Waals surface area contributed by atoms with Gasteiger partial charge in [0.25, 0.3) is 5.91 Å². The molecule has 8 heteroatoms. The summed E-state index contributed by atoms with van der Waals surface area (Å²) >= 11 is 0. The van der Waals surface area contributed by atoms with Crippen LogP contribution >= 0.6 is 0 Å². The largest absolute Gasteiger partial charge is 0.573 e. The topological polar surface area (TPSA) is 84.6 Å². The molecular formula is C13H17F3N2O3. The molecule has 1 aromatic rings. The van der Waals surface area contributed by atoms with Crippen molar-refractivity contribution in [1.82, 2.24) is 5.32 Å². The molecular weight excluding hydrogens is 289 g/mol. The third-order valence-corrected chi connectivity index (χ3v) is 2.82. The van der Waals surface area contributed by atoms with E-state index >= 15 is 0 Å². The van der Waals surface area contributed by atoms with Crippen molar-refractivity contribution in [3.63, 3.8) is 0 Å². The number of anilines is 1. The summed E-state index contributed by atoms with van der Waals surface area (Å²) in [6.07, 6.45) is -4.85. The van der Waals surface area contributed by atoms with Crippen LogP contribution in [0.3, 0.4) is 0 Å². The normalized spacial score (nSPS) is 13.1. The quantitative estimate of drug-likeness (QED) is 0.726. The van der Waals surface area contributed by atoms with Gasteiger partial charge in [-0.05, 0) is 24.1 Å². The van der Waals surface area contributed by atoms with Gasteiger partial charge in [0.2, 0.25) is 0 Å². The van der Waals surface area contributed by atoms with Crippen molar-refractivity contribution in [3.8, 4) is 5.75 Å². The number of aliphatic hydroxyl groups excluding tert-OH is 1. The molecule has 1 atom stereocenters. The molecule has 1 unspecified atom stereocenters. The smallest absolute Gasteiger partial charge is 0.404 e. The highest BCUT2D eigenvalue weighted by Crippen LogP contribution is 2.28. The third kappa shape index (κ3) is 5.14. The number of nitrogens with one attached hydrogen (secondary N) is 1. The highest BCUT2D eigenvalue weighted by molar-refractivity contribution is 5.95. The summed E-state index contributed by atoms with van der Waals surface area (Å²) in [5.74, 6) is -1.10. The van der Waals surface area contributed by atoms with E-state index < -0.39 is 24.1 Å². The van der Waals surface area contributed by atoms with Crippen molar-refractivity contribution in [2.45, 2.75) is 26.3 Å². The van der Waals surface area contributed by atoms with Crippen LogP contribution in [0.25, 0.3) is 0 Å². The Hall–Kier alpha value is -1.96. The van der Waals surface area contributed by atoms with Crippen molar-refractivity contribution in [2.75, 3.05) is 12.3 Å². The summed E-state index contributed by atoms with van der Waals surface area (Å²) < 4.78 is 40.0. The molecule has 118 valence electrons. The zero-order valence-electron chi connectivity index (χ0n) is 11.6. The summed E-state index contributed by atoms with van der Waals surface area (Å²) in [5.41, 5.74) is 5.22. The SMILES string of the molecule is CC(C)C(CO)NC(=O)c1ccc(OC(F)(F)F)c(N)c1. The summed E-state index contributed by atoms with van der Waals surface area (Å²) in [7, 11) is 0. The van der Waals surface area contributed by atoms with Crippen LogP contribution in [0.1, 0.15) is 24.2 Å². The van der Waals surface area contributed by atoms with Gasteiger partial charge in [-0.1, -0.05) is 13.8 Å². The predicted octanol–water partition coefficient (Wildman–Crippen LogP) is 1.91. The van der Waals surface area contributed by atoms with Gasteiger partial charge < -0.3 is 20.9 Å². The van der Waals surface area contributed by atoms with Crippen molar-refractivity contribution < 1.29 is 27.8 Å². The molecule has 0 aliphatic carbocycles. The van der Waals surface area contributed by atoms with E-state index in [0.29, 0.717) is 0 Å². The van der Waals surface area contributed by atoms with Gasteiger partial charge in [-0.25, -0.2) is 0 Å². The van der Waals surface area contributed by atoms with Crippen LogP contribution in [0.15, 0.2) is 18.2 Å². The molecule has 1 rings (SSSR count). The first kappa shape index (κ1) is 17.1. The van der Waals surface area contributed by atoms with Gasteiger partial charge in [0, 0.05) is 5.56 Å². The molecule has 0 radical (unpaired) electrons. The number of rotatable bonds is 5. The van der Waals surface area contributed by atoms with E-state index in [-0.39, 0.29) is 23.8 Å². The van der Waals surface area contributed by atoms with Crippen molar-refractivity contribution in [3.05, 3.63) is 23.8 Å². The molecule has 0 fully saturated rings. The van der Waals surface area contributed by atoms with Gasteiger partial charge in [0.05, 0.1) is 18.3 Å². The maximum absolute atomic E-state index is 12.1. The van der Waals surface area contributed by atoms with E-state index in [1.54, 1.807) is 0 Å². The summed E-state index contributed by atoms with van der Waals surface area (Å²) in [4.78, 5) is 11.9. The molecule has 4 N–H and O–H groups in total. The molecule has 0 bridgehead atoms. The van der Waals surface area contributed by atoms with E-state index in [1.807, 2.05) is 13.8 Å². The van der Waals surface area contributed by atoms with Crippen LogP contribution in [0.5, 0.6) is 5.75 Å². The van der Waals surface area contributed by atoms with Crippen LogP contribution < -0.4 is 15.8 Å². The van der Waals surface area contributed by atoms with Crippen molar-refractivity contribution in [1.29, 1.82) is 0 Å². The van der Waals surface area contributed by atoms with Crippen LogP contribution in [-0.4, -0.2) is 30.0 Å². The second kappa shape index (κ2) is 6.66. The van der Waals surface area contributed by atoms with Crippen molar-refractivity contribution in [2.24, 2.45) is 5.92 Å². The monoisotopic (exact) mass is 306 g/mol. The molecule has 0 aromatic heterocycles. The van der Waals surface area contributed by atoms with Crippen LogP contribution in [0.2, 0.25) is 0 Å². The maximum Gasteiger partial charge on any atom is 0.573 e. The van der Waals surface area contributed by atoms with Crippen LogP contribution in [-0.2, 0) is 0 Å². The lowest BCUT2D eigenvalue weighted by atomic mass is 10.0. The Morgan fingerprint density at radius 1 is 1.43 bits per heavy atom. The van der Waals surface area contributed by atoms with Gasteiger partial charge >= 0.3 is 6.36 Å².